The van der Waals surface area contributed by atoms with Crippen molar-refractivity contribution in [2.75, 3.05) is 11.4 Å². The number of rotatable bonds is 5. The minimum atomic E-state index is -0.955. The van der Waals surface area contributed by atoms with Crippen molar-refractivity contribution in [1.82, 2.24) is 14.8 Å². The van der Waals surface area contributed by atoms with E-state index in [1.165, 1.54) is 0 Å². The summed E-state index contributed by atoms with van der Waals surface area (Å²) < 4.78 is 1.88. The molecule has 136 valence electrons. The lowest BCUT2D eigenvalue weighted by molar-refractivity contribution is -0.136. The first kappa shape index (κ1) is 16.6. The third-order valence-electron chi connectivity index (χ3n) is 5.00. The molecular weight excluding hydrogens is 336 g/mol. The van der Waals surface area contributed by atoms with Crippen molar-refractivity contribution in [2.45, 2.75) is 45.2 Å². The number of aryl methyl sites for hydroxylation is 3. The number of aromatic nitrogens is 3. The van der Waals surface area contributed by atoms with Gasteiger partial charge in [0, 0.05) is 18.7 Å². The number of nitrogens with zero attached hydrogens (tertiary/aromatic N) is 4. The summed E-state index contributed by atoms with van der Waals surface area (Å²) >= 11 is 0. The van der Waals surface area contributed by atoms with Crippen molar-refractivity contribution < 1.29 is 19.8 Å². The normalized spacial score (nSPS) is 15.6. The van der Waals surface area contributed by atoms with Crippen LogP contribution in [0.1, 0.15) is 45.8 Å². The number of carbonyl (C=O) groups is 2. The molecule has 1 aliphatic carbocycles. The second kappa shape index (κ2) is 6.44. The number of anilines is 1. The van der Waals surface area contributed by atoms with Crippen LogP contribution < -0.4 is 4.90 Å². The van der Waals surface area contributed by atoms with Gasteiger partial charge in [-0.2, -0.15) is 5.10 Å². The van der Waals surface area contributed by atoms with Gasteiger partial charge in [-0.25, -0.2) is 9.78 Å². The Morgan fingerprint density at radius 1 is 1.15 bits per heavy atom. The van der Waals surface area contributed by atoms with Crippen molar-refractivity contribution in [3.05, 3.63) is 40.3 Å². The van der Waals surface area contributed by atoms with E-state index in [1.54, 1.807) is 6.07 Å². The van der Waals surface area contributed by atoms with E-state index in [4.69, 9.17) is 5.11 Å². The molecule has 26 heavy (non-hydrogen) atoms. The fourth-order valence-electron chi connectivity index (χ4n) is 3.72. The number of carboxylic acids is 2. The molecule has 0 saturated carbocycles. The number of pyridine rings is 1. The molecule has 0 bridgehead atoms. The Bertz CT molecular complexity index is 890. The van der Waals surface area contributed by atoms with Gasteiger partial charge < -0.3 is 15.1 Å². The van der Waals surface area contributed by atoms with Gasteiger partial charge in [0.05, 0.1) is 30.9 Å². The average Bonchev–Trinajstić information content (AvgIpc) is 3.23. The largest absolute Gasteiger partial charge is 0.481 e. The Balaban J connectivity index is 1.61. The third-order valence-corrected chi connectivity index (χ3v) is 5.00. The summed E-state index contributed by atoms with van der Waals surface area (Å²) in [7, 11) is 0. The second-order valence-corrected chi connectivity index (χ2v) is 6.79. The molecular formula is C18H20N4O4. The fraction of sp³-hybridized carbons (Fsp3) is 0.444. The van der Waals surface area contributed by atoms with Crippen LogP contribution in [0.25, 0.3) is 0 Å². The highest BCUT2D eigenvalue weighted by Gasteiger charge is 2.26. The van der Waals surface area contributed by atoms with Crippen LogP contribution in [-0.2, 0) is 37.1 Å². The first-order valence-corrected chi connectivity index (χ1v) is 8.79. The van der Waals surface area contributed by atoms with Crippen LogP contribution in [0.3, 0.4) is 0 Å². The maximum atomic E-state index is 11.7. The molecule has 0 saturated heterocycles. The Hall–Kier alpha value is -2.90. The van der Waals surface area contributed by atoms with Gasteiger partial charge in [0.25, 0.3) is 0 Å². The van der Waals surface area contributed by atoms with Gasteiger partial charge in [-0.1, -0.05) is 0 Å². The van der Waals surface area contributed by atoms with Crippen LogP contribution in [0.5, 0.6) is 0 Å². The molecule has 0 spiro atoms. The predicted molar refractivity (Wildman–Crippen MR) is 92.5 cm³/mol. The summed E-state index contributed by atoms with van der Waals surface area (Å²) in [6.45, 7) is 1.77. The molecule has 8 nitrogen and oxygen atoms in total. The predicted octanol–water partition coefficient (Wildman–Crippen LogP) is 1.50. The van der Waals surface area contributed by atoms with Crippen molar-refractivity contribution in [3.63, 3.8) is 0 Å². The third kappa shape index (κ3) is 3.02. The smallest absolute Gasteiger partial charge is 0.339 e. The molecule has 0 radical (unpaired) electrons. The van der Waals surface area contributed by atoms with E-state index in [0.717, 1.165) is 41.9 Å². The number of hydrogen-bond donors (Lipinski definition) is 2. The Kier molecular flexibility index (Phi) is 4.10. The lowest BCUT2D eigenvalue weighted by atomic mass is 10.1. The van der Waals surface area contributed by atoms with Crippen molar-refractivity contribution in [2.24, 2.45) is 0 Å². The zero-order chi connectivity index (χ0) is 18.3. The number of aliphatic carboxylic acids is 1. The summed E-state index contributed by atoms with van der Waals surface area (Å²) in [5.74, 6) is -1.27. The van der Waals surface area contributed by atoms with Gasteiger partial charge in [-0.15, -0.1) is 0 Å². The summed E-state index contributed by atoms with van der Waals surface area (Å²) in [6.07, 6.45) is 3.25. The van der Waals surface area contributed by atoms with E-state index < -0.39 is 11.9 Å². The highest BCUT2D eigenvalue weighted by molar-refractivity contribution is 5.93. The van der Waals surface area contributed by atoms with Crippen LogP contribution in [0, 0.1) is 0 Å². The van der Waals surface area contributed by atoms with Crippen LogP contribution in [0.2, 0.25) is 0 Å². The van der Waals surface area contributed by atoms with Crippen molar-refractivity contribution in [1.29, 1.82) is 0 Å². The number of aromatic carboxylic acids is 1. The van der Waals surface area contributed by atoms with Gasteiger partial charge >= 0.3 is 11.9 Å². The van der Waals surface area contributed by atoms with E-state index in [9.17, 15) is 14.7 Å². The number of fused-ring (bicyclic) bond motifs is 2. The van der Waals surface area contributed by atoms with Gasteiger partial charge in [0.2, 0.25) is 0 Å². The molecule has 1 aliphatic heterocycles. The zero-order valence-corrected chi connectivity index (χ0v) is 14.3. The highest BCUT2D eigenvalue weighted by Crippen LogP contribution is 2.29. The first-order chi connectivity index (χ1) is 12.5. The molecule has 0 fully saturated rings. The zero-order valence-electron chi connectivity index (χ0n) is 14.3. The quantitative estimate of drug-likeness (QED) is 0.836. The molecule has 0 amide bonds. The van der Waals surface area contributed by atoms with Crippen LogP contribution in [-0.4, -0.2) is 43.5 Å². The molecule has 8 heteroatoms. The summed E-state index contributed by atoms with van der Waals surface area (Å²) in [6, 6.07) is 3.68. The summed E-state index contributed by atoms with van der Waals surface area (Å²) in [5.41, 5.74) is 4.01. The molecule has 2 aromatic heterocycles. The number of hydrogen-bond acceptors (Lipinski definition) is 5. The molecule has 4 rings (SSSR count). The monoisotopic (exact) mass is 356 g/mol. The van der Waals surface area contributed by atoms with E-state index in [0.29, 0.717) is 31.9 Å². The Morgan fingerprint density at radius 3 is 2.77 bits per heavy atom. The Morgan fingerprint density at radius 2 is 2.00 bits per heavy atom. The maximum absolute atomic E-state index is 11.7. The van der Waals surface area contributed by atoms with Crippen molar-refractivity contribution >= 4 is 17.8 Å². The Labute approximate surface area is 150 Å². The highest BCUT2D eigenvalue weighted by atomic mass is 16.4. The van der Waals surface area contributed by atoms with Crippen LogP contribution >= 0.6 is 0 Å². The van der Waals surface area contributed by atoms with Gasteiger partial charge in [-0.05, 0) is 37.0 Å². The minimum Gasteiger partial charge on any atom is -0.481 e. The van der Waals surface area contributed by atoms with Gasteiger partial charge in [0.1, 0.15) is 11.4 Å². The minimum absolute atomic E-state index is 0.0513. The van der Waals surface area contributed by atoms with E-state index in [-0.39, 0.29) is 12.0 Å². The molecule has 2 aliphatic rings. The number of carboxylic acid groups (broad SMARTS) is 2. The summed E-state index contributed by atoms with van der Waals surface area (Å²) in [5, 5.41) is 22.9. The van der Waals surface area contributed by atoms with Gasteiger partial charge in [-0.3, -0.25) is 9.48 Å². The molecule has 2 N–H and O–H groups in total. The standard InChI is InChI=1S/C18H20N4O4/c23-16(24)5-4-12-9-13-10-21(6-7-22(13)20-12)17-14(18(25)26)8-11-2-1-3-15(11)19-17/h8-9H,1-7,10H2,(H,23,24)(H,25,26). The SMILES string of the molecule is O=C(O)CCc1cc2n(n1)CCN(c1nc3c(cc1C(=O)O)CCC3)C2. The molecule has 2 aromatic rings. The molecule has 0 unspecified atom stereocenters. The lowest BCUT2D eigenvalue weighted by Gasteiger charge is -2.30. The van der Waals surface area contributed by atoms with Gasteiger partial charge in [0.15, 0.2) is 0 Å². The van der Waals surface area contributed by atoms with Crippen LogP contribution in [0.4, 0.5) is 5.82 Å². The summed E-state index contributed by atoms with van der Waals surface area (Å²) in [4.78, 5) is 29.1. The average molecular weight is 356 g/mol. The van der Waals surface area contributed by atoms with Crippen molar-refractivity contribution in [3.8, 4) is 0 Å². The fourth-order valence-corrected chi connectivity index (χ4v) is 3.72. The maximum Gasteiger partial charge on any atom is 0.339 e. The lowest BCUT2D eigenvalue weighted by Crippen LogP contribution is -2.35. The van der Waals surface area contributed by atoms with E-state index in [2.05, 4.69) is 10.1 Å². The van der Waals surface area contributed by atoms with Crippen LogP contribution in [0.15, 0.2) is 12.1 Å². The molecule has 0 aromatic carbocycles. The van der Waals surface area contributed by atoms with E-state index in [1.807, 2.05) is 15.6 Å². The van der Waals surface area contributed by atoms with E-state index >= 15 is 0 Å². The second-order valence-electron chi connectivity index (χ2n) is 6.79. The first-order valence-electron chi connectivity index (χ1n) is 8.79. The topological polar surface area (TPSA) is 109 Å². The molecule has 0 atom stereocenters. The molecule has 3 heterocycles.